The van der Waals surface area contributed by atoms with E-state index in [0.717, 1.165) is 24.8 Å². The molecule has 0 radical (unpaired) electrons. The molecule has 17 heavy (non-hydrogen) atoms. The number of nitrogens with zero attached hydrogens (tertiary/aromatic N) is 1. The van der Waals surface area contributed by atoms with Crippen LogP contribution >= 0.6 is 0 Å². The molecule has 1 aromatic rings. The lowest BCUT2D eigenvalue weighted by molar-refractivity contribution is 0.0192. The van der Waals surface area contributed by atoms with Crippen molar-refractivity contribution < 1.29 is 5.11 Å². The van der Waals surface area contributed by atoms with Gasteiger partial charge in [-0.15, -0.1) is 0 Å². The molecule has 0 saturated heterocycles. The molecule has 3 heteroatoms. The van der Waals surface area contributed by atoms with Gasteiger partial charge in [0, 0.05) is 17.9 Å². The van der Waals surface area contributed by atoms with Crippen LogP contribution in [0.15, 0.2) is 24.3 Å². The van der Waals surface area contributed by atoms with Crippen molar-refractivity contribution in [2.45, 2.75) is 25.2 Å². The van der Waals surface area contributed by atoms with Crippen LogP contribution in [0.2, 0.25) is 0 Å². The Morgan fingerprint density at radius 3 is 2.71 bits per heavy atom. The lowest BCUT2D eigenvalue weighted by Crippen LogP contribution is -2.42. The molecule has 0 heterocycles. The zero-order valence-electron chi connectivity index (χ0n) is 9.89. The van der Waals surface area contributed by atoms with Crippen molar-refractivity contribution in [3.05, 3.63) is 35.4 Å². The first-order valence-electron chi connectivity index (χ1n) is 6.07. The monoisotopic (exact) mass is 230 g/mol. The third-order valence-electron chi connectivity index (χ3n) is 4.06. The Bertz CT molecular complexity index is 427. The van der Waals surface area contributed by atoms with Crippen LogP contribution in [0.3, 0.4) is 0 Å². The van der Waals surface area contributed by atoms with Crippen molar-refractivity contribution in [3.8, 4) is 6.07 Å². The van der Waals surface area contributed by atoms with E-state index in [1.807, 2.05) is 18.2 Å². The van der Waals surface area contributed by atoms with E-state index < -0.39 is 0 Å². The number of aliphatic hydroxyl groups is 1. The van der Waals surface area contributed by atoms with Gasteiger partial charge in [-0.1, -0.05) is 18.6 Å². The van der Waals surface area contributed by atoms with Gasteiger partial charge in [0.15, 0.2) is 0 Å². The second-order valence-electron chi connectivity index (χ2n) is 4.90. The molecule has 90 valence electrons. The molecule has 2 rings (SSSR count). The normalized spacial score (nSPS) is 19.1. The van der Waals surface area contributed by atoms with Crippen LogP contribution in [0.4, 0.5) is 0 Å². The van der Waals surface area contributed by atoms with Gasteiger partial charge in [0.1, 0.15) is 0 Å². The Balaban J connectivity index is 2.32. The van der Waals surface area contributed by atoms with Crippen LogP contribution in [-0.4, -0.2) is 18.3 Å². The highest BCUT2D eigenvalue weighted by Crippen LogP contribution is 2.50. The minimum atomic E-state index is -0.0527. The van der Waals surface area contributed by atoms with Gasteiger partial charge >= 0.3 is 0 Å². The first-order chi connectivity index (χ1) is 8.25. The maximum atomic E-state index is 9.61. The molecular weight excluding hydrogens is 212 g/mol. The van der Waals surface area contributed by atoms with Crippen molar-refractivity contribution >= 4 is 0 Å². The zero-order valence-corrected chi connectivity index (χ0v) is 9.89. The topological polar surface area (TPSA) is 70.0 Å². The molecule has 1 fully saturated rings. The SMILES string of the molecule is N#Cc1cccc([C@@H](CN)C2(CO)CCC2)c1. The van der Waals surface area contributed by atoms with Crippen LogP contribution in [0.25, 0.3) is 0 Å². The minimum absolute atomic E-state index is 0.0527. The van der Waals surface area contributed by atoms with E-state index in [9.17, 15) is 5.11 Å². The number of benzene rings is 1. The number of nitriles is 1. The summed E-state index contributed by atoms with van der Waals surface area (Å²) in [6, 6.07) is 9.74. The lowest BCUT2D eigenvalue weighted by Gasteiger charge is -2.46. The highest BCUT2D eigenvalue weighted by atomic mass is 16.3. The van der Waals surface area contributed by atoms with Crippen LogP contribution in [0.5, 0.6) is 0 Å². The average molecular weight is 230 g/mol. The molecule has 1 atom stereocenters. The summed E-state index contributed by atoms with van der Waals surface area (Å²) in [4.78, 5) is 0. The van der Waals surface area contributed by atoms with Gasteiger partial charge in [-0.25, -0.2) is 0 Å². The fourth-order valence-corrected chi connectivity index (χ4v) is 2.81. The molecule has 0 bridgehead atoms. The summed E-state index contributed by atoms with van der Waals surface area (Å²) in [5.41, 5.74) is 7.56. The molecular formula is C14H18N2O. The predicted octanol–water partition coefficient (Wildman–Crippen LogP) is 1.76. The second-order valence-corrected chi connectivity index (χ2v) is 4.90. The summed E-state index contributed by atoms with van der Waals surface area (Å²) in [5.74, 6) is 0.162. The van der Waals surface area contributed by atoms with E-state index >= 15 is 0 Å². The Labute approximate surface area is 102 Å². The molecule has 0 spiro atoms. The minimum Gasteiger partial charge on any atom is -0.396 e. The maximum Gasteiger partial charge on any atom is 0.0991 e. The number of hydrogen-bond acceptors (Lipinski definition) is 3. The van der Waals surface area contributed by atoms with Crippen LogP contribution < -0.4 is 5.73 Å². The van der Waals surface area contributed by atoms with Gasteiger partial charge in [-0.2, -0.15) is 5.26 Å². The van der Waals surface area contributed by atoms with Gasteiger partial charge in [0.2, 0.25) is 0 Å². The Kier molecular flexibility index (Phi) is 3.46. The van der Waals surface area contributed by atoms with E-state index in [4.69, 9.17) is 11.0 Å². The third-order valence-corrected chi connectivity index (χ3v) is 4.06. The number of nitrogens with two attached hydrogens (primary N) is 1. The van der Waals surface area contributed by atoms with Crippen LogP contribution in [-0.2, 0) is 0 Å². The summed E-state index contributed by atoms with van der Waals surface area (Å²) >= 11 is 0. The highest BCUT2D eigenvalue weighted by Gasteiger charge is 2.43. The molecule has 3 nitrogen and oxygen atoms in total. The van der Waals surface area contributed by atoms with Gasteiger partial charge < -0.3 is 10.8 Å². The lowest BCUT2D eigenvalue weighted by atomic mass is 9.59. The summed E-state index contributed by atoms with van der Waals surface area (Å²) in [5, 5.41) is 18.5. The van der Waals surface area contributed by atoms with Gasteiger partial charge in [-0.05, 0) is 37.1 Å². The van der Waals surface area contributed by atoms with Gasteiger partial charge in [0.25, 0.3) is 0 Å². The quantitative estimate of drug-likeness (QED) is 0.828. The predicted molar refractivity (Wildman–Crippen MR) is 66.3 cm³/mol. The molecule has 0 amide bonds. The van der Waals surface area contributed by atoms with E-state index in [1.54, 1.807) is 6.07 Å². The fraction of sp³-hybridized carbons (Fsp3) is 0.500. The highest BCUT2D eigenvalue weighted by molar-refractivity contribution is 5.35. The largest absolute Gasteiger partial charge is 0.396 e. The maximum absolute atomic E-state index is 9.61. The van der Waals surface area contributed by atoms with E-state index in [1.165, 1.54) is 0 Å². The fourth-order valence-electron chi connectivity index (χ4n) is 2.81. The summed E-state index contributed by atoms with van der Waals surface area (Å²) < 4.78 is 0. The third kappa shape index (κ3) is 2.06. The van der Waals surface area contributed by atoms with E-state index in [0.29, 0.717) is 12.1 Å². The van der Waals surface area contributed by atoms with Crippen molar-refractivity contribution in [1.29, 1.82) is 5.26 Å². The van der Waals surface area contributed by atoms with Crippen molar-refractivity contribution in [2.75, 3.05) is 13.2 Å². The second kappa shape index (κ2) is 4.87. The van der Waals surface area contributed by atoms with Gasteiger partial charge in [-0.3, -0.25) is 0 Å². The zero-order chi connectivity index (χ0) is 12.3. The van der Waals surface area contributed by atoms with Crippen LogP contribution in [0.1, 0.15) is 36.3 Å². The molecule has 1 aromatic carbocycles. The smallest absolute Gasteiger partial charge is 0.0991 e. The van der Waals surface area contributed by atoms with Crippen LogP contribution in [0, 0.1) is 16.7 Å². The summed E-state index contributed by atoms with van der Waals surface area (Å²) in [7, 11) is 0. The first-order valence-corrected chi connectivity index (χ1v) is 6.07. The summed E-state index contributed by atoms with van der Waals surface area (Å²) in [6.45, 7) is 0.709. The molecule has 0 unspecified atom stereocenters. The number of rotatable bonds is 4. The molecule has 3 N–H and O–H groups in total. The Morgan fingerprint density at radius 1 is 1.47 bits per heavy atom. The van der Waals surface area contributed by atoms with E-state index in [-0.39, 0.29) is 17.9 Å². The van der Waals surface area contributed by atoms with Crippen molar-refractivity contribution in [2.24, 2.45) is 11.1 Å². The molecule has 0 aromatic heterocycles. The molecule has 1 saturated carbocycles. The number of hydrogen-bond donors (Lipinski definition) is 2. The first kappa shape index (κ1) is 12.1. The van der Waals surface area contributed by atoms with E-state index in [2.05, 4.69) is 6.07 Å². The van der Waals surface area contributed by atoms with Gasteiger partial charge in [0.05, 0.1) is 11.6 Å². The van der Waals surface area contributed by atoms with Crippen molar-refractivity contribution in [3.63, 3.8) is 0 Å². The Hall–Kier alpha value is -1.37. The summed E-state index contributed by atoms with van der Waals surface area (Å²) in [6.07, 6.45) is 3.22. The Morgan fingerprint density at radius 2 is 2.24 bits per heavy atom. The standard InChI is InChI=1S/C14H18N2O/c15-8-11-3-1-4-12(7-11)13(9-16)14(10-17)5-2-6-14/h1,3-4,7,13,17H,2,5-6,9-10,16H2/t13-/m1/s1. The van der Waals surface area contributed by atoms with Crippen molar-refractivity contribution in [1.82, 2.24) is 0 Å². The molecule has 1 aliphatic rings. The molecule has 0 aliphatic heterocycles. The average Bonchev–Trinajstić information content (AvgIpc) is 2.33. The number of aliphatic hydroxyl groups excluding tert-OH is 1. The molecule has 1 aliphatic carbocycles.